The highest BCUT2D eigenvalue weighted by Crippen LogP contribution is 2.35. The van der Waals surface area contributed by atoms with Gasteiger partial charge in [0.1, 0.15) is 5.92 Å². The molecule has 1 fully saturated rings. The number of hydrogen-bond acceptors (Lipinski definition) is 6. The second-order valence-corrected chi connectivity index (χ2v) is 5.61. The van der Waals surface area contributed by atoms with Crippen LogP contribution in [0.1, 0.15) is 12.5 Å². The normalized spacial score (nSPS) is 22.5. The van der Waals surface area contributed by atoms with Crippen LogP contribution in [0, 0.1) is 12.8 Å². The van der Waals surface area contributed by atoms with E-state index < -0.39 is 35.7 Å². The lowest BCUT2D eigenvalue weighted by Gasteiger charge is -2.19. The second-order valence-electron chi connectivity index (χ2n) is 5.61. The van der Waals surface area contributed by atoms with Gasteiger partial charge in [-0.3, -0.25) is 14.4 Å². The van der Waals surface area contributed by atoms with Gasteiger partial charge in [-0.2, -0.15) is 5.10 Å². The monoisotopic (exact) mass is 329 g/mol. The number of amides is 3. The van der Waals surface area contributed by atoms with Crippen molar-refractivity contribution in [2.45, 2.75) is 19.9 Å². The minimum absolute atomic E-state index is 0.230. The molecule has 1 aromatic carbocycles. The maximum atomic E-state index is 12.8. The smallest absolute Gasteiger partial charge is 0.355 e. The molecule has 1 aromatic rings. The first-order valence-corrected chi connectivity index (χ1v) is 7.28. The zero-order valence-corrected chi connectivity index (χ0v) is 13.3. The zero-order valence-electron chi connectivity index (χ0n) is 13.3. The lowest BCUT2D eigenvalue weighted by atomic mass is 9.98. The van der Waals surface area contributed by atoms with Crippen molar-refractivity contribution in [3.05, 3.63) is 29.8 Å². The Kier molecular flexibility index (Phi) is 3.67. The van der Waals surface area contributed by atoms with E-state index in [1.54, 1.807) is 18.2 Å². The Morgan fingerprint density at radius 2 is 1.92 bits per heavy atom. The summed E-state index contributed by atoms with van der Waals surface area (Å²) >= 11 is 0. The Morgan fingerprint density at radius 1 is 1.21 bits per heavy atom. The van der Waals surface area contributed by atoms with Crippen LogP contribution in [0.25, 0.3) is 0 Å². The van der Waals surface area contributed by atoms with Gasteiger partial charge in [0.15, 0.2) is 11.8 Å². The number of hydrogen-bond donors (Lipinski definition) is 0. The Hall–Kier alpha value is -3.03. The molecule has 2 aliphatic rings. The van der Waals surface area contributed by atoms with E-state index in [0.29, 0.717) is 5.69 Å². The van der Waals surface area contributed by atoms with Gasteiger partial charge in [-0.05, 0) is 24.6 Å². The Balaban J connectivity index is 2.07. The molecule has 0 radical (unpaired) electrons. The molecule has 2 atom stereocenters. The molecule has 0 N–H and O–H groups in total. The SMILES string of the molecule is COC(=O)C1=NN(C(C)=O)[C@H]2C(=O)N(c3cccc(C)c3)C(=O)[C@@H]12. The number of imide groups is 1. The van der Waals surface area contributed by atoms with Crippen molar-refractivity contribution in [3.63, 3.8) is 0 Å². The van der Waals surface area contributed by atoms with Crippen molar-refractivity contribution in [1.29, 1.82) is 0 Å². The molecule has 8 nitrogen and oxygen atoms in total. The highest BCUT2D eigenvalue weighted by atomic mass is 16.5. The first-order valence-electron chi connectivity index (χ1n) is 7.28. The van der Waals surface area contributed by atoms with Gasteiger partial charge in [0, 0.05) is 6.92 Å². The number of aryl methyl sites for hydroxylation is 1. The first kappa shape index (κ1) is 15.9. The highest BCUT2D eigenvalue weighted by molar-refractivity contribution is 6.47. The summed E-state index contributed by atoms with van der Waals surface area (Å²) in [6, 6.07) is 5.71. The van der Waals surface area contributed by atoms with Gasteiger partial charge in [0.2, 0.25) is 11.8 Å². The van der Waals surface area contributed by atoms with Crippen LogP contribution in [0.15, 0.2) is 29.4 Å². The van der Waals surface area contributed by atoms with E-state index in [9.17, 15) is 19.2 Å². The average Bonchev–Trinajstić information content (AvgIpc) is 3.05. The number of nitrogens with zero attached hydrogens (tertiary/aromatic N) is 3. The number of rotatable bonds is 2. The van der Waals surface area contributed by atoms with Gasteiger partial charge in [-0.25, -0.2) is 14.7 Å². The fourth-order valence-electron chi connectivity index (χ4n) is 2.97. The second kappa shape index (κ2) is 5.55. The number of hydrazone groups is 1. The molecule has 0 saturated carbocycles. The van der Waals surface area contributed by atoms with Gasteiger partial charge < -0.3 is 4.74 Å². The van der Waals surface area contributed by atoms with Gasteiger partial charge in [0.05, 0.1) is 12.8 Å². The van der Waals surface area contributed by atoms with E-state index >= 15 is 0 Å². The van der Waals surface area contributed by atoms with Crippen LogP contribution in [0.2, 0.25) is 0 Å². The van der Waals surface area contributed by atoms with Crippen molar-refractivity contribution in [3.8, 4) is 0 Å². The number of anilines is 1. The molecular formula is C16H15N3O5. The summed E-state index contributed by atoms with van der Waals surface area (Å²) in [7, 11) is 1.15. The van der Waals surface area contributed by atoms with Gasteiger partial charge in [0.25, 0.3) is 5.91 Å². The number of ether oxygens (including phenoxy) is 1. The molecule has 24 heavy (non-hydrogen) atoms. The van der Waals surface area contributed by atoms with E-state index in [-0.39, 0.29) is 5.71 Å². The standard InChI is InChI=1S/C16H15N3O5/c1-8-5-4-6-10(7-8)18-14(21)11-12(16(23)24-3)17-19(9(2)20)13(11)15(18)22/h4-7,11,13H,1-3H3/t11-,13+/m0/s1. The summed E-state index contributed by atoms with van der Waals surface area (Å²) in [4.78, 5) is 50.2. The van der Waals surface area contributed by atoms with Crippen LogP contribution in [-0.2, 0) is 23.9 Å². The fraction of sp³-hybridized carbons (Fsp3) is 0.312. The number of benzene rings is 1. The average molecular weight is 329 g/mol. The largest absolute Gasteiger partial charge is 0.464 e. The van der Waals surface area contributed by atoms with Crippen LogP contribution in [0.3, 0.4) is 0 Å². The molecule has 124 valence electrons. The molecule has 0 spiro atoms. The van der Waals surface area contributed by atoms with Gasteiger partial charge in [-0.1, -0.05) is 12.1 Å². The number of methoxy groups -OCH3 is 1. The van der Waals surface area contributed by atoms with E-state index in [1.807, 2.05) is 13.0 Å². The molecule has 0 aromatic heterocycles. The summed E-state index contributed by atoms with van der Waals surface area (Å²) in [5, 5.41) is 4.73. The van der Waals surface area contributed by atoms with Gasteiger partial charge in [-0.15, -0.1) is 0 Å². The minimum atomic E-state index is -1.15. The molecular weight excluding hydrogens is 314 g/mol. The fourth-order valence-corrected chi connectivity index (χ4v) is 2.97. The maximum Gasteiger partial charge on any atom is 0.355 e. The first-order chi connectivity index (χ1) is 11.4. The Labute approximate surface area is 137 Å². The van der Waals surface area contributed by atoms with Crippen LogP contribution in [0.5, 0.6) is 0 Å². The molecule has 3 amide bonds. The molecule has 0 bridgehead atoms. The van der Waals surface area contributed by atoms with Crippen molar-refractivity contribution in [1.82, 2.24) is 5.01 Å². The van der Waals surface area contributed by atoms with Crippen LogP contribution < -0.4 is 4.90 Å². The van der Waals surface area contributed by atoms with E-state index in [1.165, 1.54) is 6.92 Å². The predicted molar refractivity (Wildman–Crippen MR) is 82.9 cm³/mol. The molecule has 2 aliphatic heterocycles. The Bertz CT molecular complexity index is 801. The summed E-state index contributed by atoms with van der Waals surface area (Å²) in [6.07, 6.45) is 0. The molecule has 8 heteroatoms. The number of fused-ring (bicyclic) bond motifs is 1. The van der Waals surface area contributed by atoms with Gasteiger partial charge >= 0.3 is 5.97 Å². The third-order valence-corrected chi connectivity index (χ3v) is 4.03. The summed E-state index contributed by atoms with van der Waals surface area (Å²) in [6.45, 7) is 3.05. The van der Waals surface area contributed by atoms with Crippen molar-refractivity contribution in [2.75, 3.05) is 12.0 Å². The lowest BCUT2D eigenvalue weighted by molar-refractivity contribution is -0.136. The maximum absolute atomic E-state index is 12.8. The van der Waals surface area contributed by atoms with Crippen LogP contribution in [0.4, 0.5) is 5.69 Å². The molecule has 1 saturated heterocycles. The summed E-state index contributed by atoms with van der Waals surface area (Å²) in [5.74, 6) is -3.69. The summed E-state index contributed by atoms with van der Waals surface area (Å²) in [5.41, 5.74) is 1.04. The molecule has 0 aliphatic carbocycles. The molecule has 3 rings (SSSR count). The van der Waals surface area contributed by atoms with Crippen molar-refractivity contribution < 1.29 is 23.9 Å². The quantitative estimate of drug-likeness (QED) is 0.572. The predicted octanol–water partition coefficient (Wildman–Crippen LogP) is 0.244. The third kappa shape index (κ3) is 2.18. The number of carbonyl (C=O) groups is 4. The molecule has 2 heterocycles. The van der Waals surface area contributed by atoms with E-state index in [0.717, 1.165) is 22.6 Å². The number of carbonyl (C=O) groups excluding carboxylic acids is 4. The Morgan fingerprint density at radius 3 is 2.50 bits per heavy atom. The van der Waals surface area contributed by atoms with Crippen LogP contribution >= 0.6 is 0 Å². The number of esters is 1. The van der Waals surface area contributed by atoms with E-state index in [4.69, 9.17) is 0 Å². The summed E-state index contributed by atoms with van der Waals surface area (Å²) < 4.78 is 4.62. The van der Waals surface area contributed by atoms with Crippen molar-refractivity contribution in [2.24, 2.45) is 11.0 Å². The third-order valence-electron chi connectivity index (χ3n) is 4.03. The highest BCUT2D eigenvalue weighted by Gasteiger charge is 2.59. The lowest BCUT2D eigenvalue weighted by Crippen LogP contribution is -2.41. The van der Waals surface area contributed by atoms with E-state index in [2.05, 4.69) is 9.84 Å². The minimum Gasteiger partial charge on any atom is -0.464 e. The molecule has 0 unspecified atom stereocenters. The van der Waals surface area contributed by atoms with Crippen LogP contribution in [-0.4, -0.2) is 47.6 Å². The topological polar surface area (TPSA) is 96.3 Å². The zero-order chi connectivity index (χ0) is 17.6. The van der Waals surface area contributed by atoms with Crippen molar-refractivity contribution >= 4 is 35.1 Å².